The Labute approximate surface area is 186 Å². The van der Waals surface area contributed by atoms with Crippen LogP contribution in [0.5, 0.6) is 11.5 Å². The molecule has 0 spiro atoms. The Morgan fingerprint density at radius 1 is 1.11 bits per heavy atom. The normalized spacial score (nSPS) is 22.3. The third-order valence-corrected chi connectivity index (χ3v) is 5.66. The minimum atomic E-state index is 0. The molecule has 1 aromatic carbocycles. The molecule has 1 aromatic rings. The van der Waals surface area contributed by atoms with Gasteiger partial charge in [0.25, 0.3) is 0 Å². The van der Waals surface area contributed by atoms with Crippen molar-refractivity contribution in [2.45, 2.75) is 51.1 Å². The van der Waals surface area contributed by atoms with Crippen molar-refractivity contribution in [3.05, 3.63) is 18.2 Å². The molecule has 0 amide bonds. The van der Waals surface area contributed by atoms with Gasteiger partial charge in [0.1, 0.15) is 11.5 Å². The van der Waals surface area contributed by atoms with E-state index in [0.717, 1.165) is 55.0 Å². The van der Waals surface area contributed by atoms with Crippen molar-refractivity contribution >= 4 is 35.6 Å². The Morgan fingerprint density at radius 3 is 2.29 bits per heavy atom. The average Bonchev–Trinajstić information content (AvgIpc) is 3.45. The zero-order valence-electron chi connectivity index (χ0n) is 17.5. The Hall–Kier alpha value is -1.38. The maximum atomic E-state index is 5.40. The Kier molecular flexibility index (Phi) is 8.98. The van der Waals surface area contributed by atoms with Crippen molar-refractivity contribution in [2.24, 2.45) is 10.9 Å². The highest BCUT2D eigenvalue weighted by molar-refractivity contribution is 14.0. The fourth-order valence-electron chi connectivity index (χ4n) is 3.91. The van der Waals surface area contributed by atoms with E-state index in [1.165, 1.54) is 19.3 Å². The van der Waals surface area contributed by atoms with Gasteiger partial charge >= 0.3 is 0 Å². The van der Waals surface area contributed by atoms with Gasteiger partial charge in [-0.2, -0.15) is 0 Å². The van der Waals surface area contributed by atoms with Gasteiger partial charge in [0.2, 0.25) is 0 Å². The number of anilines is 1. The van der Waals surface area contributed by atoms with Crippen molar-refractivity contribution in [1.82, 2.24) is 10.6 Å². The van der Waals surface area contributed by atoms with E-state index < -0.39 is 0 Å². The van der Waals surface area contributed by atoms with E-state index in [1.807, 2.05) is 13.1 Å². The van der Waals surface area contributed by atoms with Crippen LogP contribution in [0.2, 0.25) is 0 Å². The molecule has 0 bridgehead atoms. The van der Waals surface area contributed by atoms with E-state index in [-0.39, 0.29) is 24.0 Å². The van der Waals surface area contributed by atoms with Gasteiger partial charge in [-0.25, -0.2) is 0 Å². The maximum absolute atomic E-state index is 5.40. The SMILES string of the molecule is CCCC1CC1NC(=NC)NC1CCN(c2cc(OC)cc(OC)c2)CC1.I. The van der Waals surface area contributed by atoms with E-state index in [2.05, 4.69) is 39.6 Å². The molecule has 0 aromatic heterocycles. The van der Waals surface area contributed by atoms with Gasteiger partial charge < -0.3 is 25.0 Å². The fourth-order valence-corrected chi connectivity index (χ4v) is 3.91. The first-order valence-corrected chi connectivity index (χ1v) is 10.1. The quantitative estimate of drug-likeness (QED) is 0.339. The Balaban J connectivity index is 0.00000280. The van der Waals surface area contributed by atoms with Crippen LogP contribution in [0.1, 0.15) is 39.0 Å². The first-order chi connectivity index (χ1) is 13.2. The molecule has 2 atom stereocenters. The van der Waals surface area contributed by atoms with Crippen molar-refractivity contribution in [1.29, 1.82) is 0 Å². The van der Waals surface area contributed by atoms with Gasteiger partial charge in [-0.1, -0.05) is 13.3 Å². The summed E-state index contributed by atoms with van der Waals surface area (Å²) >= 11 is 0. The maximum Gasteiger partial charge on any atom is 0.191 e. The monoisotopic (exact) mass is 502 g/mol. The van der Waals surface area contributed by atoms with Crippen LogP contribution in [0.25, 0.3) is 0 Å². The standard InChI is InChI=1S/C21H34N4O2.HI/c1-5-6-15-11-20(15)24-21(22-2)23-16-7-9-25(10-8-16)17-12-18(26-3)14-19(13-17)27-4;/h12-16,20H,5-11H2,1-4H3,(H2,22,23,24);1H. The first kappa shape index (κ1) is 22.9. The Bertz CT molecular complexity index is 625. The summed E-state index contributed by atoms with van der Waals surface area (Å²) in [5, 5.41) is 7.21. The summed E-state index contributed by atoms with van der Waals surface area (Å²) in [6.07, 6.45) is 6.04. The van der Waals surface area contributed by atoms with E-state index in [9.17, 15) is 0 Å². The minimum absolute atomic E-state index is 0. The molecule has 3 rings (SSSR count). The zero-order chi connectivity index (χ0) is 19.2. The third-order valence-electron chi connectivity index (χ3n) is 5.66. The topological polar surface area (TPSA) is 58.1 Å². The number of piperidine rings is 1. The second-order valence-corrected chi connectivity index (χ2v) is 7.58. The molecular formula is C21H35IN4O2. The van der Waals surface area contributed by atoms with E-state index in [1.54, 1.807) is 14.2 Å². The van der Waals surface area contributed by atoms with Crippen LogP contribution in [-0.4, -0.2) is 52.4 Å². The number of methoxy groups -OCH3 is 2. The molecule has 1 heterocycles. The highest BCUT2D eigenvalue weighted by Gasteiger charge is 2.36. The molecule has 2 aliphatic rings. The number of hydrogen-bond acceptors (Lipinski definition) is 4. The molecule has 6 nitrogen and oxygen atoms in total. The molecule has 158 valence electrons. The van der Waals surface area contributed by atoms with Gasteiger partial charge in [0, 0.05) is 56.1 Å². The summed E-state index contributed by atoms with van der Waals surface area (Å²) in [7, 11) is 5.25. The van der Waals surface area contributed by atoms with Crippen LogP contribution in [0.3, 0.4) is 0 Å². The summed E-state index contributed by atoms with van der Waals surface area (Å²) in [5.41, 5.74) is 1.16. The highest BCUT2D eigenvalue weighted by atomic mass is 127. The van der Waals surface area contributed by atoms with Gasteiger partial charge in [-0.05, 0) is 31.6 Å². The number of nitrogens with zero attached hydrogens (tertiary/aromatic N) is 2. The number of guanidine groups is 1. The molecule has 1 saturated heterocycles. The lowest BCUT2D eigenvalue weighted by atomic mass is 10.0. The molecule has 28 heavy (non-hydrogen) atoms. The summed E-state index contributed by atoms with van der Waals surface area (Å²) in [6.45, 7) is 4.27. The molecule has 7 heteroatoms. The summed E-state index contributed by atoms with van der Waals surface area (Å²) in [5.74, 6) is 3.46. The predicted molar refractivity (Wildman–Crippen MR) is 127 cm³/mol. The van der Waals surface area contributed by atoms with E-state index >= 15 is 0 Å². The fraction of sp³-hybridized carbons (Fsp3) is 0.667. The minimum Gasteiger partial charge on any atom is -0.497 e. The lowest BCUT2D eigenvalue weighted by Gasteiger charge is -2.34. The summed E-state index contributed by atoms with van der Waals surface area (Å²) in [6, 6.07) is 7.15. The van der Waals surface area contributed by atoms with Crippen LogP contribution in [0.15, 0.2) is 23.2 Å². The number of benzene rings is 1. The highest BCUT2D eigenvalue weighted by Crippen LogP contribution is 2.34. The molecule has 2 N–H and O–H groups in total. The number of hydrogen-bond donors (Lipinski definition) is 2. The zero-order valence-corrected chi connectivity index (χ0v) is 19.9. The van der Waals surface area contributed by atoms with Gasteiger partial charge in [-0.3, -0.25) is 4.99 Å². The van der Waals surface area contributed by atoms with E-state index in [4.69, 9.17) is 9.47 Å². The molecule has 2 unspecified atom stereocenters. The van der Waals surface area contributed by atoms with Gasteiger partial charge in [-0.15, -0.1) is 24.0 Å². The molecule has 1 aliphatic carbocycles. The summed E-state index contributed by atoms with van der Waals surface area (Å²) < 4.78 is 10.8. The number of ether oxygens (including phenoxy) is 2. The summed E-state index contributed by atoms with van der Waals surface area (Å²) in [4.78, 5) is 6.83. The van der Waals surface area contributed by atoms with Crippen LogP contribution in [0, 0.1) is 5.92 Å². The number of aliphatic imine (C=N–C) groups is 1. The second-order valence-electron chi connectivity index (χ2n) is 7.58. The van der Waals surface area contributed by atoms with Crippen molar-refractivity contribution < 1.29 is 9.47 Å². The molecule has 0 radical (unpaired) electrons. The average molecular weight is 502 g/mol. The largest absolute Gasteiger partial charge is 0.497 e. The second kappa shape index (κ2) is 11.0. The van der Waals surface area contributed by atoms with Gasteiger partial charge in [0.05, 0.1) is 14.2 Å². The van der Waals surface area contributed by atoms with Gasteiger partial charge in [0.15, 0.2) is 5.96 Å². The lowest BCUT2D eigenvalue weighted by molar-refractivity contribution is 0.393. The van der Waals surface area contributed by atoms with E-state index in [0.29, 0.717) is 12.1 Å². The number of rotatable bonds is 7. The molecule has 1 aliphatic heterocycles. The van der Waals surface area contributed by atoms with Crippen LogP contribution < -0.4 is 25.0 Å². The van der Waals surface area contributed by atoms with Crippen molar-refractivity contribution in [2.75, 3.05) is 39.3 Å². The van der Waals surface area contributed by atoms with Crippen molar-refractivity contribution in [3.8, 4) is 11.5 Å². The van der Waals surface area contributed by atoms with Crippen LogP contribution >= 0.6 is 24.0 Å². The molecule has 2 fully saturated rings. The smallest absolute Gasteiger partial charge is 0.191 e. The molecule has 1 saturated carbocycles. The number of halogens is 1. The number of nitrogens with one attached hydrogen (secondary N) is 2. The van der Waals surface area contributed by atoms with Crippen molar-refractivity contribution in [3.63, 3.8) is 0 Å². The Morgan fingerprint density at radius 2 is 1.75 bits per heavy atom. The van der Waals surface area contributed by atoms with Crippen LogP contribution in [-0.2, 0) is 0 Å². The van der Waals surface area contributed by atoms with Crippen LogP contribution in [0.4, 0.5) is 5.69 Å². The predicted octanol–water partition coefficient (Wildman–Crippen LogP) is 3.64. The first-order valence-electron chi connectivity index (χ1n) is 10.1. The molecular weight excluding hydrogens is 467 g/mol. The lowest BCUT2D eigenvalue weighted by Crippen LogP contribution is -2.49. The third kappa shape index (κ3) is 6.06.